The van der Waals surface area contributed by atoms with Crippen LogP contribution in [0, 0.1) is 5.92 Å². The molecule has 0 bridgehead atoms. The number of benzene rings is 3. The van der Waals surface area contributed by atoms with E-state index in [1.54, 1.807) is 6.92 Å². The maximum atomic E-state index is 13.7. The summed E-state index contributed by atoms with van der Waals surface area (Å²) < 4.78 is 2.35. The van der Waals surface area contributed by atoms with E-state index in [4.69, 9.17) is 0 Å². The van der Waals surface area contributed by atoms with Crippen molar-refractivity contribution in [2.24, 2.45) is 5.92 Å². The van der Waals surface area contributed by atoms with Gasteiger partial charge in [0.15, 0.2) is 5.78 Å². The first kappa shape index (κ1) is 27.4. The van der Waals surface area contributed by atoms with E-state index >= 15 is 0 Å². The minimum Gasteiger partial charge on any atom is -0.481 e. The molecule has 1 aliphatic carbocycles. The summed E-state index contributed by atoms with van der Waals surface area (Å²) in [6.45, 7) is 2.50. The number of Topliss-reactive ketones (excluding diaryl/α,β-unsaturated/α-hetero) is 1. The molecule has 0 spiro atoms. The van der Waals surface area contributed by atoms with E-state index in [9.17, 15) is 19.5 Å². The van der Waals surface area contributed by atoms with Crippen molar-refractivity contribution >= 4 is 29.1 Å². The monoisotopic (exact) mass is 536 g/mol. The number of hydrogen-bond acceptors (Lipinski definition) is 3. The van der Waals surface area contributed by atoms with Gasteiger partial charge in [-0.05, 0) is 67.3 Å². The first-order chi connectivity index (χ1) is 19.5. The van der Waals surface area contributed by atoms with Crippen molar-refractivity contribution in [2.45, 2.75) is 64.5 Å². The van der Waals surface area contributed by atoms with Crippen LogP contribution in [0.2, 0.25) is 0 Å². The standard InChI is InChI=1S/C34H36N2O4/c1-2-25(34(39)40)19-32(38)27-20-28-31(18-26(27)17-16-23-10-5-3-6-11-23)36(21-24-12-7-4-8-13-24)30-15-9-14-29(33(28)30)35-22-37/h3-8,10-13,18,20,22,25,29H,2,9,14-17,19,21H2,1H3,(H,35,37)(H,39,40). The summed E-state index contributed by atoms with van der Waals surface area (Å²) in [6.07, 6.45) is 5.28. The third-order valence-corrected chi connectivity index (χ3v) is 8.25. The van der Waals surface area contributed by atoms with Crippen LogP contribution < -0.4 is 5.32 Å². The van der Waals surface area contributed by atoms with E-state index in [1.165, 1.54) is 16.8 Å². The SMILES string of the molecule is CCC(CC(=O)c1cc2c3c(n(Cc4ccccc4)c2cc1CCc1ccccc1)CCCC3NC=O)C(=O)O. The number of hydrogen-bond donors (Lipinski definition) is 2. The van der Waals surface area contributed by atoms with Crippen LogP contribution in [0.4, 0.5) is 0 Å². The highest BCUT2D eigenvalue weighted by atomic mass is 16.4. The quantitative estimate of drug-likeness (QED) is 0.165. The summed E-state index contributed by atoms with van der Waals surface area (Å²) in [7, 11) is 0. The van der Waals surface area contributed by atoms with E-state index in [1.807, 2.05) is 42.5 Å². The van der Waals surface area contributed by atoms with Crippen molar-refractivity contribution in [3.05, 3.63) is 106 Å². The fourth-order valence-electron chi connectivity index (χ4n) is 6.12. The zero-order valence-electron chi connectivity index (χ0n) is 22.9. The zero-order valence-corrected chi connectivity index (χ0v) is 22.9. The summed E-state index contributed by atoms with van der Waals surface area (Å²) in [6, 6.07) is 24.5. The van der Waals surface area contributed by atoms with Gasteiger partial charge in [0.2, 0.25) is 6.41 Å². The molecule has 40 heavy (non-hydrogen) atoms. The molecular formula is C34H36N2O4. The second-order valence-corrected chi connectivity index (χ2v) is 10.7. The van der Waals surface area contributed by atoms with Crippen molar-refractivity contribution < 1.29 is 19.5 Å². The van der Waals surface area contributed by atoms with Crippen LogP contribution in [-0.2, 0) is 35.4 Å². The summed E-state index contributed by atoms with van der Waals surface area (Å²) in [5.41, 5.74) is 7.23. The average Bonchev–Trinajstić information content (AvgIpc) is 3.28. The largest absolute Gasteiger partial charge is 0.481 e. The Morgan fingerprint density at radius 2 is 1.73 bits per heavy atom. The van der Waals surface area contributed by atoms with Gasteiger partial charge in [-0.2, -0.15) is 0 Å². The van der Waals surface area contributed by atoms with Gasteiger partial charge in [-0.25, -0.2) is 0 Å². The van der Waals surface area contributed by atoms with E-state index in [-0.39, 0.29) is 18.2 Å². The van der Waals surface area contributed by atoms with Crippen LogP contribution >= 0.6 is 0 Å². The Balaban J connectivity index is 1.67. The van der Waals surface area contributed by atoms with Gasteiger partial charge in [0.1, 0.15) is 0 Å². The first-order valence-electron chi connectivity index (χ1n) is 14.2. The van der Waals surface area contributed by atoms with Gasteiger partial charge in [0, 0.05) is 40.7 Å². The molecule has 5 rings (SSSR count). The minimum absolute atomic E-state index is 0.0292. The van der Waals surface area contributed by atoms with Gasteiger partial charge in [-0.1, -0.05) is 67.6 Å². The summed E-state index contributed by atoms with van der Waals surface area (Å²) in [5, 5.41) is 13.7. The number of carboxylic acids is 1. The highest BCUT2D eigenvalue weighted by Crippen LogP contribution is 2.40. The highest BCUT2D eigenvalue weighted by molar-refractivity contribution is 6.03. The zero-order chi connectivity index (χ0) is 28.1. The first-order valence-corrected chi connectivity index (χ1v) is 14.2. The van der Waals surface area contributed by atoms with Gasteiger partial charge < -0.3 is 15.0 Å². The summed E-state index contributed by atoms with van der Waals surface area (Å²) in [4.78, 5) is 37.1. The number of nitrogens with zero attached hydrogens (tertiary/aromatic N) is 1. The van der Waals surface area contributed by atoms with Crippen molar-refractivity contribution in [3.63, 3.8) is 0 Å². The summed E-state index contributed by atoms with van der Waals surface area (Å²) in [5.74, 6) is -1.80. The normalized spacial score (nSPS) is 15.4. The Kier molecular flexibility index (Phi) is 8.44. The molecule has 1 aliphatic rings. The van der Waals surface area contributed by atoms with Crippen molar-refractivity contribution in [1.82, 2.24) is 9.88 Å². The molecule has 1 aromatic heterocycles. The highest BCUT2D eigenvalue weighted by Gasteiger charge is 2.29. The molecule has 2 unspecified atom stereocenters. The molecule has 6 heteroatoms. The molecule has 1 heterocycles. The molecule has 0 saturated carbocycles. The molecule has 0 fully saturated rings. The number of fused-ring (bicyclic) bond motifs is 3. The molecule has 4 aromatic rings. The van der Waals surface area contributed by atoms with E-state index in [0.29, 0.717) is 24.9 Å². The number of aryl methyl sites for hydroxylation is 2. The molecule has 0 radical (unpaired) electrons. The van der Waals surface area contributed by atoms with Crippen molar-refractivity contribution in [1.29, 1.82) is 0 Å². The molecule has 0 aliphatic heterocycles. The van der Waals surface area contributed by atoms with Crippen molar-refractivity contribution in [3.8, 4) is 0 Å². The Labute approximate surface area is 235 Å². The number of amides is 1. The number of aliphatic carboxylic acids is 1. The molecule has 6 nitrogen and oxygen atoms in total. The maximum absolute atomic E-state index is 13.7. The Morgan fingerprint density at radius 1 is 1.02 bits per heavy atom. The number of rotatable bonds is 12. The topological polar surface area (TPSA) is 88.4 Å². The predicted molar refractivity (Wildman–Crippen MR) is 157 cm³/mol. The Morgan fingerprint density at radius 3 is 2.38 bits per heavy atom. The van der Waals surface area contributed by atoms with Gasteiger partial charge >= 0.3 is 5.97 Å². The lowest BCUT2D eigenvalue weighted by atomic mass is 9.87. The molecule has 1 amide bonds. The number of carbonyl (C=O) groups is 3. The number of aromatic nitrogens is 1. The third kappa shape index (κ3) is 5.71. The fraction of sp³-hybridized carbons (Fsp3) is 0.324. The lowest BCUT2D eigenvalue weighted by Crippen LogP contribution is -2.24. The fourth-order valence-corrected chi connectivity index (χ4v) is 6.12. The van der Waals surface area contributed by atoms with Crippen LogP contribution in [0.25, 0.3) is 10.9 Å². The van der Waals surface area contributed by atoms with Gasteiger partial charge in [-0.3, -0.25) is 14.4 Å². The van der Waals surface area contributed by atoms with Crippen LogP contribution in [0.3, 0.4) is 0 Å². The maximum Gasteiger partial charge on any atom is 0.306 e. The van der Waals surface area contributed by atoms with Crippen LogP contribution in [-0.4, -0.2) is 27.8 Å². The molecule has 3 aromatic carbocycles. The lowest BCUT2D eigenvalue weighted by Gasteiger charge is -2.24. The van der Waals surface area contributed by atoms with Gasteiger partial charge in [0.05, 0.1) is 12.0 Å². The average molecular weight is 537 g/mol. The molecular weight excluding hydrogens is 500 g/mol. The number of ketones is 1. The van der Waals surface area contributed by atoms with Gasteiger partial charge in [0.25, 0.3) is 0 Å². The van der Waals surface area contributed by atoms with E-state index in [2.05, 4.69) is 40.2 Å². The molecule has 0 saturated heterocycles. The number of carbonyl (C=O) groups excluding carboxylic acids is 2. The third-order valence-electron chi connectivity index (χ3n) is 8.25. The van der Waals surface area contributed by atoms with Crippen LogP contribution in [0.1, 0.15) is 77.0 Å². The van der Waals surface area contributed by atoms with Crippen LogP contribution in [0.15, 0.2) is 72.8 Å². The Hall–Kier alpha value is -4.19. The summed E-state index contributed by atoms with van der Waals surface area (Å²) >= 11 is 0. The van der Waals surface area contributed by atoms with Crippen LogP contribution in [0.5, 0.6) is 0 Å². The smallest absolute Gasteiger partial charge is 0.306 e. The van der Waals surface area contributed by atoms with Crippen molar-refractivity contribution in [2.75, 3.05) is 0 Å². The lowest BCUT2D eigenvalue weighted by molar-refractivity contribution is -0.141. The van der Waals surface area contributed by atoms with E-state index < -0.39 is 11.9 Å². The Bertz CT molecular complexity index is 1510. The predicted octanol–water partition coefficient (Wildman–Crippen LogP) is 6.28. The number of carboxylic acid groups (broad SMARTS) is 1. The minimum atomic E-state index is -0.940. The van der Waals surface area contributed by atoms with Gasteiger partial charge in [-0.15, -0.1) is 0 Å². The number of nitrogens with one attached hydrogen (secondary N) is 1. The second kappa shape index (κ2) is 12.3. The molecule has 206 valence electrons. The molecule has 2 atom stereocenters. The molecule has 2 N–H and O–H groups in total. The van der Waals surface area contributed by atoms with E-state index in [0.717, 1.165) is 54.1 Å². The second-order valence-electron chi connectivity index (χ2n) is 10.7.